The second-order valence-electron chi connectivity index (χ2n) is 5.16. The summed E-state index contributed by atoms with van der Waals surface area (Å²) in [5, 5.41) is 3.40. The Bertz CT molecular complexity index is 531. The highest BCUT2D eigenvalue weighted by Crippen LogP contribution is 2.23. The van der Waals surface area contributed by atoms with Crippen molar-refractivity contribution < 1.29 is 0 Å². The predicted octanol–water partition coefficient (Wildman–Crippen LogP) is 3.41. The van der Waals surface area contributed by atoms with Crippen LogP contribution < -0.4 is 11.1 Å². The highest BCUT2D eigenvalue weighted by Gasteiger charge is 2.11. The number of hydrogen-bond donors (Lipinski definition) is 2. The SMILES string of the molecule is CCCc1ccc(C(NC)c2cccc(CN)c2)cc1. The van der Waals surface area contributed by atoms with Crippen LogP contribution in [0.1, 0.15) is 41.6 Å². The van der Waals surface area contributed by atoms with Crippen molar-refractivity contribution in [1.29, 1.82) is 0 Å². The molecule has 0 aliphatic rings. The second kappa shape index (κ2) is 7.22. The van der Waals surface area contributed by atoms with Crippen molar-refractivity contribution in [2.24, 2.45) is 5.73 Å². The van der Waals surface area contributed by atoms with Gasteiger partial charge in [0.1, 0.15) is 0 Å². The number of rotatable bonds is 6. The predicted molar refractivity (Wildman–Crippen MR) is 85.7 cm³/mol. The minimum Gasteiger partial charge on any atom is -0.326 e. The van der Waals surface area contributed by atoms with E-state index in [4.69, 9.17) is 5.73 Å². The molecule has 0 saturated heterocycles. The van der Waals surface area contributed by atoms with Crippen molar-refractivity contribution in [1.82, 2.24) is 5.32 Å². The zero-order chi connectivity index (χ0) is 14.4. The maximum absolute atomic E-state index is 5.73. The summed E-state index contributed by atoms with van der Waals surface area (Å²) < 4.78 is 0. The van der Waals surface area contributed by atoms with Crippen LogP contribution in [0.25, 0.3) is 0 Å². The van der Waals surface area contributed by atoms with Crippen LogP contribution in [0, 0.1) is 0 Å². The molecular weight excluding hydrogens is 244 g/mol. The van der Waals surface area contributed by atoms with Crippen molar-refractivity contribution in [3.63, 3.8) is 0 Å². The Kier molecular flexibility index (Phi) is 5.33. The Balaban J connectivity index is 2.26. The third-order valence-corrected chi connectivity index (χ3v) is 3.66. The van der Waals surface area contributed by atoms with Crippen molar-refractivity contribution in [3.05, 3.63) is 70.8 Å². The summed E-state index contributed by atoms with van der Waals surface area (Å²) in [5.41, 5.74) is 10.9. The first-order valence-electron chi connectivity index (χ1n) is 7.33. The average Bonchev–Trinajstić information content (AvgIpc) is 2.50. The number of aryl methyl sites for hydroxylation is 1. The standard InChI is InChI=1S/C18H24N2/c1-3-5-14-8-10-16(11-9-14)18(20-2)17-7-4-6-15(12-17)13-19/h4,6-12,18,20H,3,5,13,19H2,1-2H3. The van der Waals surface area contributed by atoms with E-state index in [1.807, 2.05) is 7.05 Å². The smallest absolute Gasteiger partial charge is 0.0574 e. The molecule has 0 spiro atoms. The van der Waals surface area contributed by atoms with Gasteiger partial charge in [0.2, 0.25) is 0 Å². The van der Waals surface area contributed by atoms with Gasteiger partial charge in [0.25, 0.3) is 0 Å². The van der Waals surface area contributed by atoms with E-state index in [-0.39, 0.29) is 6.04 Å². The molecule has 0 bridgehead atoms. The summed E-state index contributed by atoms with van der Waals surface area (Å²) in [6.07, 6.45) is 2.33. The van der Waals surface area contributed by atoms with Gasteiger partial charge in [-0.25, -0.2) is 0 Å². The minimum absolute atomic E-state index is 0.220. The normalized spacial score (nSPS) is 12.3. The van der Waals surface area contributed by atoms with Gasteiger partial charge < -0.3 is 11.1 Å². The van der Waals surface area contributed by atoms with E-state index in [1.54, 1.807) is 0 Å². The van der Waals surface area contributed by atoms with Crippen LogP contribution in [-0.2, 0) is 13.0 Å². The van der Waals surface area contributed by atoms with Crippen molar-refractivity contribution in [2.45, 2.75) is 32.4 Å². The zero-order valence-electron chi connectivity index (χ0n) is 12.4. The van der Waals surface area contributed by atoms with E-state index < -0.39 is 0 Å². The molecule has 2 rings (SSSR count). The second-order valence-corrected chi connectivity index (χ2v) is 5.16. The molecule has 2 nitrogen and oxygen atoms in total. The molecular formula is C18H24N2. The molecule has 0 amide bonds. The van der Waals surface area contributed by atoms with E-state index in [0.717, 1.165) is 6.42 Å². The third-order valence-electron chi connectivity index (χ3n) is 3.66. The highest BCUT2D eigenvalue weighted by molar-refractivity contribution is 5.35. The van der Waals surface area contributed by atoms with Crippen LogP contribution in [0.4, 0.5) is 0 Å². The molecule has 2 aromatic rings. The van der Waals surface area contributed by atoms with E-state index in [0.29, 0.717) is 6.54 Å². The lowest BCUT2D eigenvalue weighted by Gasteiger charge is -2.18. The Labute approximate surface area is 122 Å². The first kappa shape index (κ1) is 14.8. The van der Waals surface area contributed by atoms with Crippen LogP contribution in [0.2, 0.25) is 0 Å². The maximum atomic E-state index is 5.73. The number of nitrogens with one attached hydrogen (secondary N) is 1. The summed E-state index contributed by atoms with van der Waals surface area (Å²) in [5.74, 6) is 0. The quantitative estimate of drug-likeness (QED) is 0.842. The van der Waals surface area contributed by atoms with Crippen molar-refractivity contribution in [2.75, 3.05) is 7.05 Å². The largest absolute Gasteiger partial charge is 0.326 e. The van der Waals surface area contributed by atoms with Crippen LogP contribution >= 0.6 is 0 Å². The average molecular weight is 268 g/mol. The Morgan fingerprint density at radius 1 is 1.00 bits per heavy atom. The van der Waals surface area contributed by atoms with E-state index in [1.165, 1.54) is 28.7 Å². The molecule has 106 valence electrons. The van der Waals surface area contributed by atoms with Gasteiger partial charge in [-0.1, -0.05) is 61.9 Å². The minimum atomic E-state index is 0.220. The summed E-state index contributed by atoms with van der Waals surface area (Å²) in [7, 11) is 2.00. The molecule has 1 unspecified atom stereocenters. The van der Waals surface area contributed by atoms with Gasteiger partial charge >= 0.3 is 0 Å². The summed E-state index contributed by atoms with van der Waals surface area (Å²) in [6.45, 7) is 2.79. The monoisotopic (exact) mass is 268 g/mol. The Hall–Kier alpha value is -1.64. The summed E-state index contributed by atoms with van der Waals surface area (Å²) in [6, 6.07) is 17.6. The Morgan fingerprint density at radius 3 is 2.35 bits per heavy atom. The molecule has 0 saturated carbocycles. The summed E-state index contributed by atoms with van der Waals surface area (Å²) >= 11 is 0. The van der Waals surface area contributed by atoms with Crippen LogP contribution in [0.5, 0.6) is 0 Å². The van der Waals surface area contributed by atoms with Crippen LogP contribution in [0.15, 0.2) is 48.5 Å². The van der Waals surface area contributed by atoms with Gasteiger partial charge in [0.05, 0.1) is 6.04 Å². The molecule has 0 aliphatic heterocycles. The van der Waals surface area contributed by atoms with Gasteiger partial charge in [-0.05, 0) is 35.7 Å². The first-order valence-corrected chi connectivity index (χ1v) is 7.33. The fraction of sp³-hybridized carbons (Fsp3) is 0.333. The Morgan fingerprint density at radius 2 is 1.75 bits per heavy atom. The highest BCUT2D eigenvalue weighted by atomic mass is 14.9. The van der Waals surface area contributed by atoms with Crippen LogP contribution in [-0.4, -0.2) is 7.05 Å². The molecule has 0 radical (unpaired) electrons. The molecule has 0 fully saturated rings. The molecule has 0 aromatic heterocycles. The van der Waals surface area contributed by atoms with Crippen molar-refractivity contribution in [3.8, 4) is 0 Å². The number of benzene rings is 2. The number of nitrogens with two attached hydrogens (primary N) is 1. The molecule has 0 heterocycles. The van der Waals surface area contributed by atoms with E-state index >= 15 is 0 Å². The van der Waals surface area contributed by atoms with Gasteiger partial charge in [-0.3, -0.25) is 0 Å². The molecule has 1 atom stereocenters. The van der Waals surface area contributed by atoms with E-state index in [2.05, 4.69) is 60.8 Å². The van der Waals surface area contributed by atoms with Crippen LogP contribution in [0.3, 0.4) is 0 Å². The van der Waals surface area contributed by atoms with E-state index in [9.17, 15) is 0 Å². The molecule has 0 aliphatic carbocycles. The van der Waals surface area contributed by atoms with Gasteiger partial charge in [0.15, 0.2) is 0 Å². The third kappa shape index (κ3) is 3.47. The lowest BCUT2D eigenvalue weighted by Crippen LogP contribution is -2.18. The van der Waals surface area contributed by atoms with Gasteiger partial charge in [-0.15, -0.1) is 0 Å². The molecule has 2 heteroatoms. The van der Waals surface area contributed by atoms with Crippen molar-refractivity contribution >= 4 is 0 Å². The first-order chi connectivity index (χ1) is 9.78. The lowest BCUT2D eigenvalue weighted by molar-refractivity contribution is 0.690. The molecule has 20 heavy (non-hydrogen) atoms. The van der Waals surface area contributed by atoms with Gasteiger partial charge in [0, 0.05) is 6.54 Å². The summed E-state index contributed by atoms with van der Waals surface area (Å²) in [4.78, 5) is 0. The van der Waals surface area contributed by atoms with Gasteiger partial charge in [-0.2, -0.15) is 0 Å². The molecule has 3 N–H and O–H groups in total. The fourth-order valence-corrected chi connectivity index (χ4v) is 2.59. The topological polar surface area (TPSA) is 38.0 Å². The number of hydrogen-bond acceptors (Lipinski definition) is 2. The zero-order valence-corrected chi connectivity index (χ0v) is 12.4. The molecule has 2 aromatic carbocycles. The lowest BCUT2D eigenvalue weighted by atomic mass is 9.96. The fourth-order valence-electron chi connectivity index (χ4n) is 2.59. The maximum Gasteiger partial charge on any atom is 0.0574 e.